The maximum Gasteiger partial charge on any atom is 0.0870 e. The Bertz CT molecular complexity index is 597. The summed E-state index contributed by atoms with van der Waals surface area (Å²) < 4.78 is 6.46. The van der Waals surface area contributed by atoms with Crippen molar-refractivity contribution in [2.45, 2.75) is 12.0 Å². The molecule has 1 fully saturated rings. The third-order valence-electron chi connectivity index (χ3n) is 4.38. The minimum absolute atomic E-state index is 0.0514. The molecule has 1 aliphatic rings. The highest BCUT2D eigenvalue weighted by Crippen LogP contribution is 2.32. The van der Waals surface area contributed by atoms with Gasteiger partial charge in [-0.3, -0.25) is 4.90 Å². The van der Waals surface area contributed by atoms with Crippen LogP contribution in [0.5, 0.6) is 0 Å². The van der Waals surface area contributed by atoms with Gasteiger partial charge in [0.25, 0.3) is 0 Å². The fourth-order valence-corrected chi connectivity index (χ4v) is 3.31. The van der Waals surface area contributed by atoms with E-state index >= 15 is 0 Å². The first-order valence-corrected chi connectivity index (χ1v) is 8.82. The SMILES string of the molecule is O[C@@H](c1ccc(Br)cc1)[C@@H](CN1CCOCC1)c1ccccc1. The van der Waals surface area contributed by atoms with Crippen molar-refractivity contribution in [3.63, 3.8) is 0 Å². The lowest BCUT2D eigenvalue weighted by Gasteiger charge is -2.33. The summed E-state index contributed by atoms with van der Waals surface area (Å²) >= 11 is 3.45. The van der Waals surface area contributed by atoms with Gasteiger partial charge in [-0.25, -0.2) is 0 Å². The number of morpholine rings is 1. The Morgan fingerprint density at radius 1 is 0.957 bits per heavy atom. The zero-order chi connectivity index (χ0) is 16.1. The predicted molar refractivity (Wildman–Crippen MR) is 95.5 cm³/mol. The smallest absolute Gasteiger partial charge is 0.0870 e. The van der Waals surface area contributed by atoms with E-state index in [-0.39, 0.29) is 5.92 Å². The fraction of sp³-hybridized carbons (Fsp3) is 0.368. The predicted octanol–water partition coefficient (Wildman–Crippen LogP) is 3.60. The second kappa shape index (κ2) is 8.06. The van der Waals surface area contributed by atoms with E-state index in [0.29, 0.717) is 0 Å². The molecule has 1 heterocycles. The van der Waals surface area contributed by atoms with E-state index in [2.05, 4.69) is 33.0 Å². The summed E-state index contributed by atoms with van der Waals surface area (Å²) in [5, 5.41) is 11.0. The van der Waals surface area contributed by atoms with Crippen molar-refractivity contribution in [2.75, 3.05) is 32.8 Å². The van der Waals surface area contributed by atoms with Crippen LogP contribution < -0.4 is 0 Å². The average molecular weight is 376 g/mol. The van der Waals surface area contributed by atoms with Crippen molar-refractivity contribution in [3.05, 3.63) is 70.2 Å². The first-order valence-electron chi connectivity index (χ1n) is 8.02. The number of aliphatic hydroxyl groups is 1. The van der Waals surface area contributed by atoms with Crippen molar-refractivity contribution >= 4 is 15.9 Å². The molecule has 0 aliphatic carbocycles. The number of benzene rings is 2. The van der Waals surface area contributed by atoms with Crippen molar-refractivity contribution in [1.29, 1.82) is 0 Å². The Morgan fingerprint density at radius 3 is 2.26 bits per heavy atom. The molecule has 3 rings (SSSR count). The number of hydrogen-bond acceptors (Lipinski definition) is 3. The van der Waals surface area contributed by atoms with Gasteiger partial charge in [0.05, 0.1) is 19.3 Å². The largest absolute Gasteiger partial charge is 0.388 e. The summed E-state index contributed by atoms with van der Waals surface area (Å²) in [7, 11) is 0. The van der Waals surface area contributed by atoms with Gasteiger partial charge in [0.1, 0.15) is 0 Å². The Balaban J connectivity index is 1.83. The minimum atomic E-state index is -0.520. The molecule has 122 valence electrons. The molecule has 0 radical (unpaired) electrons. The van der Waals surface area contributed by atoms with Crippen molar-refractivity contribution in [1.82, 2.24) is 4.90 Å². The maximum absolute atomic E-state index is 11.0. The normalized spacial score (nSPS) is 18.5. The minimum Gasteiger partial charge on any atom is -0.388 e. The van der Waals surface area contributed by atoms with E-state index in [1.807, 2.05) is 42.5 Å². The fourth-order valence-electron chi connectivity index (χ4n) is 3.04. The molecule has 4 heteroatoms. The van der Waals surface area contributed by atoms with E-state index in [1.54, 1.807) is 0 Å². The monoisotopic (exact) mass is 375 g/mol. The van der Waals surface area contributed by atoms with Gasteiger partial charge < -0.3 is 9.84 Å². The van der Waals surface area contributed by atoms with E-state index in [1.165, 1.54) is 5.56 Å². The van der Waals surface area contributed by atoms with Crippen LogP contribution in [0.1, 0.15) is 23.1 Å². The molecule has 2 aromatic carbocycles. The van der Waals surface area contributed by atoms with Crippen LogP contribution in [-0.4, -0.2) is 42.9 Å². The van der Waals surface area contributed by atoms with Gasteiger partial charge in [-0.15, -0.1) is 0 Å². The first kappa shape index (κ1) is 16.7. The summed E-state index contributed by atoms with van der Waals surface area (Å²) in [5.41, 5.74) is 2.13. The second-order valence-electron chi connectivity index (χ2n) is 5.93. The molecule has 0 amide bonds. The molecule has 23 heavy (non-hydrogen) atoms. The van der Waals surface area contributed by atoms with E-state index < -0.39 is 6.10 Å². The molecule has 1 aliphatic heterocycles. The van der Waals surface area contributed by atoms with E-state index in [0.717, 1.165) is 42.9 Å². The molecular weight excluding hydrogens is 354 g/mol. The molecule has 2 atom stereocenters. The lowest BCUT2D eigenvalue weighted by atomic mass is 9.88. The molecule has 0 aromatic heterocycles. The number of halogens is 1. The highest BCUT2D eigenvalue weighted by molar-refractivity contribution is 9.10. The first-order chi connectivity index (χ1) is 11.2. The summed E-state index contributed by atoms with van der Waals surface area (Å²) in [6.07, 6.45) is -0.520. The van der Waals surface area contributed by atoms with Crippen LogP contribution in [0, 0.1) is 0 Å². The van der Waals surface area contributed by atoms with Gasteiger partial charge in [0.2, 0.25) is 0 Å². The van der Waals surface area contributed by atoms with E-state index in [4.69, 9.17) is 4.74 Å². The number of nitrogens with zero attached hydrogens (tertiary/aromatic N) is 1. The molecule has 3 nitrogen and oxygen atoms in total. The average Bonchev–Trinajstić information content (AvgIpc) is 2.61. The number of ether oxygens (including phenoxy) is 1. The topological polar surface area (TPSA) is 32.7 Å². The van der Waals surface area contributed by atoms with Crippen molar-refractivity contribution in [2.24, 2.45) is 0 Å². The third kappa shape index (κ3) is 4.42. The molecule has 0 unspecified atom stereocenters. The third-order valence-corrected chi connectivity index (χ3v) is 4.91. The highest BCUT2D eigenvalue weighted by Gasteiger charge is 2.26. The molecule has 0 saturated carbocycles. The molecule has 2 aromatic rings. The van der Waals surface area contributed by atoms with Crippen LogP contribution in [0.15, 0.2) is 59.1 Å². The van der Waals surface area contributed by atoms with Gasteiger partial charge >= 0.3 is 0 Å². The Morgan fingerprint density at radius 2 is 1.61 bits per heavy atom. The highest BCUT2D eigenvalue weighted by atomic mass is 79.9. The Hall–Kier alpha value is -1.20. The number of aliphatic hydroxyl groups excluding tert-OH is 1. The lowest BCUT2D eigenvalue weighted by molar-refractivity contribution is 0.0240. The zero-order valence-corrected chi connectivity index (χ0v) is 14.7. The summed E-state index contributed by atoms with van der Waals surface area (Å²) in [6, 6.07) is 18.2. The second-order valence-corrected chi connectivity index (χ2v) is 6.84. The Labute approximate surface area is 146 Å². The number of hydrogen-bond donors (Lipinski definition) is 1. The zero-order valence-electron chi connectivity index (χ0n) is 13.1. The van der Waals surface area contributed by atoms with Crippen LogP contribution >= 0.6 is 15.9 Å². The summed E-state index contributed by atoms with van der Waals surface area (Å²) in [6.45, 7) is 4.24. The lowest BCUT2D eigenvalue weighted by Crippen LogP contribution is -2.39. The van der Waals surface area contributed by atoms with Crippen LogP contribution in [0.25, 0.3) is 0 Å². The van der Waals surface area contributed by atoms with Gasteiger partial charge in [-0.1, -0.05) is 58.4 Å². The molecule has 0 bridgehead atoms. The molecule has 1 N–H and O–H groups in total. The summed E-state index contributed by atoms with van der Waals surface area (Å²) in [5.74, 6) is 0.0514. The molecular formula is C19H22BrNO2. The van der Waals surface area contributed by atoms with Crippen molar-refractivity contribution in [3.8, 4) is 0 Å². The Kier molecular flexibility index (Phi) is 5.84. The van der Waals surface area contributed by atoms with Crippen LogP contribution in [0.4, 0.5) is 0 Å². The molecule has 0 spiro atoms. The van der Waals surface area contributed by atoms with E-state index in [9.17, 15) is 5.11 Å². The number of rotatable bonds is 5. The maximum atomic E-state index is 11.0. The summed E-state index contributed by atoms with van der Waals surface area (Å²) in [4.78, 5) is 2.38. The van der Waals surface area contributed by atoms with Gasteiger partial charge in [0.15, 0.2) is 0 Å². The quantitative estimate of drug-likeness (QED) is 0.866. The van der Waals surface area contributed by atoms with Gasteiger partial charge in [-0.2, -0.15) is 0 Å². The van der Waals surface area contributed by atoms with Crippen molar-refractivity contribution < 1.29 is 9.84 Å². The van der Waals surface area contributed by atoms with Crippen LogP contribution in [0.2, 0.25) is 0 Å². The van der Waals surface area contributed by atoms with Gasteiger partial charge in [-0.05, 0) is 23.3 Å². The van der Waals surface area contributed by atoms with Gasteiger partial charge in [0, 0.05) is 30.0 Å². The van der Waals surface area contributed by atoms with Crippen LogP contribution in [-0.2, 0) is 4.74 Å². The molecule has 1 saturated heterocycles. The van der Waals surface area contributed by atoms with Crippen LogP contribution in [0.3, 0.4) is 0 Å². The standard InChI is InChI=1S/C19H22BrNO2/c20-17-8-6-16(7-9-17)19(22)18(15-4-2-1-3-5-15)14-21-10-12-23-13-11-21/h1-9,18-19,22H,10-14H2/t18-,19-/m0/s1.